The van der Waals surface area contributed by atoms with Crippen molar-refractivity contribution < 1.29 is 9.22 Å². The predicted molar refractivity (Wildman–Crippen MR) is 31.1 cm³/mol. The standard InChI is InChI=1S/C4H8O2Si/c5-3-1-2-4-6-7/h1-3H,4H2,7H3. The van der Waals surface area contributed by atoms with E-state index in [1.165, 1.54) is 6.08 Å². The summed E-state index contributed by atoms with van der Waals surface area (Å²) in [4.78, 5) is 9.55. The molecule has 7 heavy (non-hydrogen) atoms. The van der Waals surface area contributed by atoms with Crippen LogP contribution in [0, 0.1) is 0 Å². The largest absolute Gasteiger partial charge is 0.424 e. The fourth-order valence-corrected chi connectivity index (χ4v) is 0.400. The molecule has 0 amide bonds. The topological polar surface area (TPSA) is 26.3 Å². The maximum absolute atomic E-state index is 9.55. The van der Waals surface area contributed by atoms with Gasteiger partial charge < -0.3 is 4.43 Å². The van der Waals surface area contributed by atoms with E-state index in [0.29, 0.717) is 6.61 Å². The van der Waals surface area contributed by atoms with Gasteiger partial charge in [-0.1, -0.05) is 6.08 Å². The predicted octanol–water partition coefficient (Wildman–Crippen LogP) is -0.962. The summed E-state index contributed by atoms with van der Waals surface area (Å²) in [6.45, 7) is 0.574. The Labute approximate surface area is 45.7 Å². The Balaban J connectivity index is 2.92. The molecule has 0 rings (SSSR count). The number of carbonyl (C=O) groups is 1. The first-order valence-corrected chi connectivity index (χ1v) is 2.82. The van der Waals surface area contributed by atoms with Gasteiger partial charge in [0.05, 0.1) is 6.61 Å². The molecule has 0 unspecified atom stereocenters. The molecule has 0 aromatic rings. The molecule has 0 fully saturated rings. The lowest BCUT2D eigenvalue weighted by atomic mass is 10.5. The van der Waals surface area contributed by atoms with Crippen molar-refractivity contribution in [3.63, 3.8) is 0 Å². The number of rotatable bonds is 3. The second-order valence-corrected chi connectivity index (χ2v) is 1.60. The van der Waals surface area contributed by atoms with Crippen molar-refractivity contribution in [3.8, 4) is 0 Å². The van der Waals surface area contributed by atoms with Gasteiger partial charge >= 0.3 is 0 Å². The van der Waals surface area contributed by atoms with E-state index in [2.05, 4.69) is 0 Å². The lowest BCUT2D eigenvalue weighted by molar-refractivity contribution is -0.104. The van der Waals surface area contributed by atoms with E-state index in [9.17, 15) is 4.79 Å². The Kier molecular flexibility index (Phi) is 5.26. The molecule has 0 aliphatic rings. The highest BCUT2D eigenvalue weighted by molar-refractivity contribution is 5.98. The van der Waals surface area contributed by atoms with Gasteiger partial charge in [-0.2, -0.15) is 0 Å². The lowest BCUT2D eigenvalue weighted by Crippen LogP contribution is -1.81. The summed E-state index contributed by atoms with van der Waals surface area (Å²) >= 11 is 0. The summed E-state index contributed by atoms with van der Waals surface area (Å²) in [6, 6.07) is 0. The van der Waals surface area contributed by atoms with Gasteiger partial charge in [-0.3, -0.25) is 4.79 Å². The van der Waals surface area contributed by atoms with Crippen LogP contribution in [0.25, 0.3) is 0 Å². The zero-order valence-corrected chi connectivity index (χ0v) is 6.26. The summed E-state index contributed by atoms with van der Waals surface area (Å²) < 4.78 is 4.74. The normalized spacial score (nSPS) is 10.3. The van der Waals surface area contributed by atoms with Crippen LogP contribution in [0.15, 0.2) is 12.2 Å². The van der Waals surface area contributed by atoms with E-state index < -0.39 is 0 Å². The third-order valence-electron chi connectivity index (χ3n) is 0.478. The van der Waals surface area contributed by atoms with Crippen molar-refractivity contribution in [1.29, 1.82) is 0 Å². The first-order valence-electron chi connectivity index (χ1n) is 2.01. The van der Waals surface area contributed by atoms with Crippen molar-refractivity contribution in [2.75, 3.05) is 6.61 Å². The molecule has 0 bridgehead atoms. The van der Waals surface area contributed by atoms with Crippen LogP contribution in [0.3, 0.4) is 0 Å². The maximum Gasteiger partial charge on any atom is 0.146 e. The van der Waals surface area contributed by atoms with Crippen molar-refractivity contribution in [2.45, 2.75) is 0 Å². The van der Waals surface area contributed by atoms with Crippen molar-refractivity contribution in [3.05, 3.63) is 12.2 Å². The van der Waals surface area contributed by atoms with Crippen LogP contribution < -0.4 is 0 Å². The fraction of sp³-hybridized carbons (Fsp3) is 0.250. The molecule has 0 atom stereocenters. The third kappa shape index (κ3) is 5.59. The van der Waals surface area contributed by atoms with Gasteiger partial charge in [-0.25, -0.2) is 0 Å². The number of hydrogen-bond acceptors (Lipinski definition) is 2. The summed E-state index contributed by atoms with van der Waals surface area (Å²) in [5, 5.41) is 0. The Hall–Kier alpha value is -0.413. The maximum atomic E-state index is 9.55. The monoisotopic (exact) mass is 116 g/mol. The molecule has 0 radical (unpaired) electrons. The molecule has 0 aliphatic heterocycles. The highest BCUT2D eigenvalue weighted by Crippen LogP contribution is 1.66. The van der Waals surface area contributed by atoms with E-state index in [1.54, 1.807) is 6.08 Å². The zero-order valence-electron chi connectivity index (χ0n) is 4.26. The molecule has 0 aromatic heterocycles. The van der Waals surface area contributed by atoms with Crippen LogP contribution in [-0.2, 0) is 9.22 Å². The number of aldehydes is 1. The molecule has 3 heteroatoms. The van der Waals surface area contributed by atoms with Crippen LogP contribution in [0.5, 0.6) is 0 Å². The van der Waals surface area contributed by atoms with E-state index in [-0.39, 0.29) is 0 Å². The fourth-order valence-electron chi connectivity index (χ4n) is 0.207. The van der Waals surface area contributed by atoms with Crippen molar-refractivity contribution in [2.24, 2.45) is 0 Å². The highest BCUT2D eigenvalue weighted by atomic mass is 28.2. The molecule has 2 nitrogen and oxygen atoms in total. The molecule has 0 aliphatic carbocycles. The van der Waals surface area contributed by atoms with E-state index in [1.807, 2.05) is 0 Å². The highest BCUT2D eigenvalue weighted by Gasteiger charge is 1.65. The quantitative estimate of drug-likeness (QED) is 0.270. The summed E-state index contributed by atoms with van der Waals surface area (Å²) in [5.41, 5.74) is 0. The minimum Gasteiger partial charge on any atom is -0.424 e. The molecule has 0 aromatic carbocycles. The molecule has 40 valence electrons. The van der Waals surface area contributed by atoms with Gasteiger partial charge in [0, 0.05) is 0 Å². The van der Waals surface area contributed by atoms with Gasteiger partial charge in [0.25, 0.3) is 0 Å². The average molecular weight is 116 g/mol. The molecule has 0 saturated carbocycles. The van der Waals surface area contributed by atoms with Gasteiger partial charge in [0.15, 0.2) is 0 Å². The zero-order chi connectivity index (χ0) is 5.54. The van der Waals surface area contributed by atoms with E-state index in [0.717, 1.165) is 16.8 Å². The summed E-state index contributed by atoms with van der Waals surface area (Å²) in [5.74, 6) is 0. The van der Waals surface area contributed by atoms with E-state index >= 15 is 0 Å². The minimum atomic E-state index is 0.574. The number of hydrogen-bond donors (Lipinski definition) is 0. The average Bonchev–Trinajstić information content (AvgIpc) is 1.69. The van der Waals surface area contributed by atoms with Gasteiger partial charge in [0.1, 0.15) is 16.8 Å². The van der Waals surface area contributed by atoms with Crippen LogP contribution in [0.1, 0.15) is 0 Å². The SMILES string of the molecule is O=CC=CCO[SiH3]. The minimum absolute atomic E-state index is 0.574. The summed E-state index contributed by atoms with van der Waals surface area (Å²) in [6.07, 6.45) is 3.85. The second kappa shape index (κ2) is 5.59. The summed E-state index contributed by atoms with van der Waals surface area (Å²) in [7, 11) is 0.739. The van der Waals surface area contributed by atoms with Crippen molar-refractivity contribution in [1.82, 2.24) is 0 Å². The molecule has 0 heterocycles. The Bertz CT molecular complexity index is 70.1. The molecular weight excluding hydrogens is 108 g/mol. The van der Waals surface area contributed by atoms with E-state index in [4.69, 9.17) is 4.43 Å². The van der Waals surface area contributed by atoms with Crippen LogP contribution in [0.4, 0.5) is 0 Å². The van der Waals surface area contributed by atoms with Gasteiger partial charge in [-0.15, -0.1) is 0 Å². The van der Waals surface area contributed by atoms with Crippen LogP contribution in [0.2, 0.25) is 0 Å². The lowest BCUT2D eigenvalue weighted by Gasteiger charge is -1.82. The number of carbonyl (C=O) groups excluding carboxylic acids is 1. The number of allylic oxidation sites excluding steroid dienone is 1. The third-order valence-corrected chi connectivity index (χ3v) is 0.811. The van der Waals surface area contributed by atoms with Crippen LogP contribution >= 0.6 is 0 Å². The first-order chi connectivity index (χ1) is 3.41. The molecule has 0 spiro atoms. The Morgan fingerprint density at radius 3 is 2.86 bits per heavy atom. The smallest absolute Gasteiger partial charge is 0.146 e. The Morgan fingerprint density at radius 1 is 1.71 bits per heavy atom. The van der Waals surface area contributed by atoms with Crippen molar-refractivity contribution >= 4 is 16.8 Å². The molecule has 0 N–H and O–H groups in total. The Morgan fingerprint density at radius 2 is 2.43 bits per heavy atom. The molecular formula is C4H8O2Si. The van der Waals surface area contributed by atoms with Gasteiger partial charge in [-0.05, 0) is 6.08 Å². The van der Waals surface area contributed by atoms with Gasteiger partial charge in [0.2, 0.25) is 0 Å². The second-order valence-electron chi connectivity index (χ2n) is 1.02. The van der Waals surface area contributed by atoms with Crippen LogP contribution in [-0.4, -0.2) is 23.4 Å². The molecule has 0 saturated heterocycles. The first kappa shape index (κ1) is 6.59.